The minimum atomic E-state index is -5.45. The summed E-state index contributed by atoms with van der Waals surface area (Å²) in [7, 11) is -4.18. The van der Waals surface area contributed by atoms with E-state index in [1.54, 1.807) is 6.92 Å². The van der Waals surface area contributed by atoms with Gasteiger partial charge in [0.25, 0.3) is 5.67 Å². The van der Waals surface area contributed by atoms with Crippen molar-refractivity contribution in [1.82, 2.24) is 0 Å². The second-order valence-electron chi connectivity index (χ2n) is 5.66. The molecule has 1 fully saturated rings. The maximum absolute atomic E-state index is 14.5. The van der Waals surface area contributed by atoms with Crippen LogP contribution in [0.4, 0.5) is 17.6 Å². The fourth-order valence-electron chi connectivity index (χ4n) is 2.61. The Hall–Kier alpha value is -1.19. The third-order valence-corrected chi connectivity index (χ3v) is 5.81. The Bertz CT molecular complexity index is 671. The summed E-state index contributed by atoms with van der Waals surface area (Å²) in [5.41, 5.74) is -3.36. The molecule has 1 aromatic rings. The van der Waals surface area contributed by atoms with Gasteiger partial charge in [-0.05, 0) is 26.0 Å². The van der Waals surface area contributed by atoms with Crippen LogP contribution in [-0.4, -0.2) is 43.5 Å². The maximum Gasteiger partial charge on any atom is 0.427 e. The molecule has 0 aliphatic carbocycles. The highest BCUT2D eigenvalue weighted by Gasteiger charge is 2.71. The molecule has 1 aliphatic heterocycles. The number of alkyl halides is 4. The van der Waals surface area contributed by atoms with Crippen LogP contribution in [0.15, 0.2) is 29.2 Å². The van der Waals surface area contributed by atoms with Gasteiger partial charge in [0.05, 0.1) is 16.8 Å². The van der Waals surface area contributed by atoms with E-state index in [1.165, 1.54) is 24.3 Å². The first-order valence-corrected chi connectivity index (χ1v) is 8.43. The summed E-state index contributed by atoms with van der Waals surface area (Å²) in [5, 5.41) is 9.32. The Labute approximate surface area is 131 Å². The summed E-state index contributed by atoms with van der Waals surface area (Å²) in [5.74, 6) is -3.19. The molecule has 0 radical (unpaired) electrons. The molecule has 23 heavy (non-hydrogen) atoms. The smallest absolute Gasteiger partial charge is 0.365 e. The van der Waals surface area contributed by atoms with Crippen LogP contribution in [0.3, 0.4) is 0 Å². The van der Waals surface area contributed by atoms with Gasteiger partial charge >= 0.3 is 6.18 Å². The highest BCUT2D eigenvalue weighted by Crippen LogP contribution is 2.50. The van der Waals surface area contributed by atoms with Crippen molar-refractivity contribution in [2.24, 2.45) is 5.92 Å². The van der Waals surface area contributed by atoms with Gasteiger partial charge in [0.15, 0.2) is 16.1 Å². The lowest BCUT2D eigenvalue weighted by molar-refractivity contribution is -0.286. The molecule has 1 heterocycles. The topological polar surface area (TPSA) is 63.6 Å². The molecule has 1 N–H and O–H groups in total. The van der Waals surface area contributed by atoms with Crippen molar-refractivity contribution >= 4 is 9.84 Å². The molecule has 4 nitrogen and oxygen atoms in total. The van der Waals surface area contributed by atoms with E-state index in [2.05, 4.69) is 4.74 Å². The number of ether oxygens (including phenoxy) is 1. The number of benzene rings is 1. The molecule has 1 unspecified atom stereocenters. The lowest BCUT2D eigenvalue weighted by atomic mass is 9.88. The van der Waals surface area contributed by atoms with Gasteiger partial charge in [0.1, 0.15) is 0 Å². The highest BCUT2D eigenvalue weighted by atomic mass is 32.2. The molecule has 1 saturated heterocycles. The third-order valence-electron chi connectivity index (χ3n) is 4.02. The van der Waals surface area contributed by atoms with Crippen LogP contribution >= 0.6 is 0 Å². The lowest BCUT2D eigenvalue weighted by Gasteiger charge is -2.30. The van der Waals surface area contributed by atoms with E-state index in [9.17, 15) is 31.1 Å². The zero-order valence-electron chi connectivity index (χ0n) is 12.3. The van der Waals surface area contributed by atoms with Crippen LogP contribution in [0.2, 0.25) is 0 Å². The average molecular weight is 356 g/mol. The van der Waals surface area contributed by atoms with Gasteiger partial charge in [0.2, 0.25) is 0 Å². The van der Waals surface area contributed by atoms with Crippen LogP contribution in [0.5, 0.6) is 0 Å². The minimum Gasteiger partial charge on any atom is -0.365 e. The van der Waals surface area contributed by atoms with E-state index in [0.29, 0.717) is 0 Å². The van der Waals surface area contributed by atoms with Gasteiger partial charge in [-0.1, -0.05) is 17.7 Å². The molecule has 4 atom stereocenters. The maximum atomic E-state index is 14.5. The Morgan fingerprint density at radius 3 is 2.26 bits per heavy atom. The molecule has 0 aromatic heterocycles. The number of hydrogen-bond donors (Lipinski definition) is 1. The van der Waals surface area contributed by atoms with Crippen molar-refractivity contribution in [3.05, 3.63) is 29.8 Å². The number of aryl methyl sites for hydroxylation is 1. The van der Waals surface area contributed by atoms with Gasteiger partial charge in [-0.25, -0.2) is 12.8 Å². The largest absolute Gasteiger partial charge is 0.427 e. The predicted molar refractivity (Wildman–Crippen MR) is 73.2 cm³/mol. The van der Waals surface area contributed by atoms with E-state index >= 15 is 0 Å². The van der Waals surface area contributed by atoms with Crippen molar-refractivity contribution < 1.29 is 35.8 Å². The highest BCUT2D eigenvalue weighted by molar-refractivity contribution is 7.91. The molecule has 0 amide bonds. The fourth-order valence-corrected chi connectivity index (χ4v) is 4.34. The van der Waals surface area contributed by atoms with E-state index in [0.717, 1.165) is 12.5 Å². The number of rotatable bonds is 3. The molecule has 9 heteroatoms. The Kier molecular flexibility index (Phi) is 4.51. The van der Waals surface area contributed by atoms with Gasteiger partial charge in [0, 0.05) is 5.92 Å². The molecular formula is C14H16F4O4S. The lowest BCUT2D eigenvalue weighted by Crippen LogP contribution is -2.54. The SMILES string of the molecule is Cc1ccc(S(=O)(=O)C[C@H]2[C@H](C)OC(O)[C@@]2(F)C(F)(F)F)cc1. The summed E-state index contributed by atoms with van der Waals surface area (Å²) in [6.45, 7) is 2.82. The normalized spacial score (nSPS) is 32.2. The predicted octanol–water partition coefficient (Wildman–Crippen LogP) is 2.39. The van der Waals surface area contributed by atoms with E-state index in [-0.39, 0.29) is 4.90 Å². The molecule has 1 aromatic carbocycles. The monoisotopic (exact) mass is 356 g/mol. The standard InChI is InChI=1S/C14H16F4O4S/c1-8-3-5-10(6-4-8)23(20,21)7-11-9(2)22-12(19)13(11,15)14(16,17)18/h3-6,9,11-12,19H,7H2,1-2H3/t9-,11-,12?,13+/m0/s1. The van der Waals surface area contributed by atoms with Crippen LogP contribution in [0.25, 0.3) is 0 Å². The summed E-state index contributed by atoms with van der Waals surface area (Å²) in [6, 6.07) is 5.47. The van der Waals surface area contributed by atoms with Crippen molar-refractivity contribution in [3.8, 4) is 0 Å². The van der Waals surface area contributed by atoms with Gasteiger partial charge in [-0.2, -0.15) is 13.2 Å². The van der Waals surface area contributed by atoms with E-state index in [1.807, 2.05) is 0 Å². The van der Waals surface area contributed by atoms with Gasteiger partial charge < -0.3 is 9.84 Å². The first-order valence-electron chi connectivity index (χ1n) is 6.78. The molecular weight excluding hydrogens is 340 g/mol. The second-order valence-corrected chi connectivity index (χ2v) is 7.69. The Balaban J connectivity index is 2.38. The number of aliphatic hydroxyl groups is 1. The van der Waals surface area contributed by atoms with Gasteiger partial charge in [-0.3, -0.25) is 0 Å². The van der Waals surface area contributed by atoms with E-state index in [4.69, 9.17) is 0 Å². The molecule has 130 valence electrons. The molecule has 0 saturated carbocycles. The Morgan fingerprint density at radius 1 is 1.26 bits per heavy atom. The molecule has 0 bridgehead atoms. The van der Waals surface area contributed by atoms with Crippen molar-refractivity contribution in [3.63, 3.8) is 0 Å². The summed E-state index contributed by atoms with van der Waals surface area (Å²) >= 11 is 0. The number of hydrogen-bond acceptors (Lipinski definition) is 4. The fraction of sp³-hybridized carbons (Fsp3) is 0.571. The van der Waals surface area contributed by atoms with Crippen LogP contribution in [0, 0.1) is 12.8 Å². The Morgan fingerprint density at radius 2 is 1.78 bits per heavy atom. The summed E-state index contributed by atoms with van der Waals surface area (Å²) in [6.07, 6.45) is -9.61. The van der Waals surface area contributed by atoms with Crippen LogP contribution in [0.1, 0.15) is 12.5 Å². The number of halogens is 4. The van der Waals surface area contributed by atoms with E-state index < -0.39 is 45.7 Å². The minimum absolute atomic E-state index is 0.207. The number of sulfone groups is 1. The van der Waals surface area contributed by atoms with Crippen LogP contribution < -0.4 is 0 Å². The molecule has 0 spiro atoms. The molecule has 2 rings (SSSR count). The zero-order valence-corrected chi connectivity index (χ0v) is 13.2. The zero-order chi connectivity index (χ0) is 17.6. The quantitative estimate of drug-likeness (QED) is 0.845. The van der Waals surface area contributed by atoms with Crippen molar-refractivity contribution in [2.45, 2.75) is 43.0 Å². The van der Waals surface area contributed by atoms with Gasteiger partial charge in [-0.15, -0.1) is 0 Å². The number of aliphatic hydroxyl groups excluding tert-OH is 1. The first-order chi connectivity index (χ1) is 10.4. The second kappa shape index (κ2) is 5.71. The van der Waals surface area contributed by atoms with Crippen LogP contribution in [-0.2, 0) is 14.6 Å². The van der Waals surface area contributed by atoms with Crippen molar-refractivity contribution in [1.29, 1.82) is 0 Å². The molecule has 1 aliphatic rings. The summed E-state index contributed by atoms with van der Waals surface area (Å²) < 4.78 is 82.7. The third kappa shape index (κ3) is 3.09. The average Bonchev–Trinajstić information content (AvgIpc) is 2.63. The first kappa shape index (κ1) is 18.2. The summed E-state index contributed by atoms with van der Waals surface area (Å²) in [4.78, 5) is -0.207. The van der Waals surface area contributed by atoms with Crippen molar-refractivity contribution in [2.75, 3.05) is 5.75 Å².